The highest BCUT2D eigenvalue weighted by Crippen LogP contribution is 2.28. The third kappa shape index (κ3) is 3.02. The summed E-state index contributed by atoms with van der Waals surface area (Å²) in [5.41, 5.74) is 5.35. The molecule has 2 rings (SSSR count). The van der Waals surface area contributed by atoms with Crippen LogP contribution in [0.4, 0.5) is 0 Å². The molecule has 0 aromatic heterocycles. The standard InChI is InChI=1S/C13H23N3O2/c14-6-7-15-13(18)10-8-12(17)16(9-10)11-4-2-1-3-5-11/h10-11H,1-9,14H2,(H,15,18). The van der Waals surface area contributed by atoms with Crippen LogP contribution in [-0.4, -0.2) is 42.4 Å². The van der Waals surface area contributed by atoms with E-state index in [0.29, 0.717) is 32.1 Å². The van der Waals surface area contributed by atoms with Crippen LogP contribution in [-0.2, 0) is 9.59 Å². The summed E-state index contributed by atoms with van der Waals surface area (Å²) in [6.07, 6.45) is 6.26. The van der Waals surface area contributed by atoms with Crippen LogP contribution in [0.3, 0.4) is 0 Å². The Balaban J connectivity index is 1.87. The maximum atomic E-state index is 12.0. The molecule has 0 spiro atoms. The highest BCUT2D eigenvalue weighted by Gasteiger charge is 2.37. The number of carbonyl (C=O) groups is 2. The van der Waals surface area contributed by atoms with Crippen molar-refractivity contribution in [3.05, 3.63) is 0 Å². The van der Waals surface area contributed by atoms with E-state index in [9.17, 15) is 9.59 Å². The van der Waals surface area contributed by atoms with Gasteiger partial charge in [0.15, 0.2) is 0 Å². The Morgan fingerprint density at radius 3 is 2.72 bits per heavy atom. The molecule has 18 heavy (non-hydrogen) atoms. The van der Waals surface area contributed by atoms with Crippen molar-refractivity contribution in [1.82, 2.24) is 10.2 Å². The molecule has 1 aliphatic heterocycles. The molecule has 1 unspecified atom stereocenters. The molecule has 2 aliphatic rings. The minimum atomic E-state index is -0.175. The van der Waals surface area contributed by atoms with Gasteiger partial charge in [-0.15, -0.1) is 0 Å². The zero-order valence-corrected chi connectivity index (χ0v) is 10.9. The number of nitrogens with zero attached hydrogens (tertiary/aromatic N) is 1. The van der Waals surface area contributed by atoms with Crippen LogP contribution >= 0.6 is 0 Å². The SMILES string of the molecule is NCCNC(=O)C1CC(=O)N(C2CCCCC2)C1. The van der Waals surface area contributed by atoms with Gasteiger partial charge in [-0.25, -0.2) is 0 Å². The fraction of sp³-hybridized carbons (Fsp3) is 0.846. The van der Waals surface area contributed by atoms with Gasteiger partial charge in [-0.2, -0.15) is 0 Å². The smallest absolute Gasteiger partial charge is 0.225 e. The molecule has 2 amide bonds. The average Bonchev–Trinajstić information content (AvgIpc) is 2.79. The van der Waals surface area contributed by atoms with Gasteiger partial charge in [-0.3, -0.25) is 9.59 Å². The van der Waals surface area contributed by atoms with Crippen LogP contribution in [0.2, 0.25) is 0 Å². The first-order valence-electron chi connectivity index (χ1n) is 6.99. The Morgan fingerprint density at radius 1 is 1.33 bits per heavy atom. The van der Waals surface area contributed by atoms with Crippen molar-refractivity contribution in [1.29, 1.82) is 0 Å². The van der Waals surface area contributed by atoms with Crippen molar-refractivity contribution >= 4 is 11.8 Å². The Hall–Kier alpha value is -1.10. The monoisotopic (exact) mass is 253 g/mol. The molecule has 1 aliphatic carbocycles. The molecule has 1 heterocycles. The van der Waals surface area contributed by atoms with E-state index in [4.69, 9.17) is 5.73 Å². The fourth-order valence-electron chi connectivity index (χ4n) is 2.99. The number of nitrogens with one attached hydrogen (secondary N) is 1. The molecular formula is C13H23N3O2. The molecular weight excluding hydrogens is 230 g/mol. The molecule has 1 saturated carbocycles. The van der Waals surface area contributed by atoms with E-state index in [1.807, 2.05) is 4.90 Å². The van der Waals surface area contributed by atoms with Crippen LogP contribution in [0.15, 0.2) is 0 Å². The molecule has 1 saturated heterocycles. The third-order valence-corrected chi connectivity index (χ3v) is 3.99. The van der Waals surface area contributed by atoms with Crippen LogP contribution in [0, 0.1) is 5.92 Å². The minimum absolute atomic E-state index is 0.0212. The van der Waals surface area contributed by atoms with Gasteiger partial charge in [0.1, 0.15) is 0 Å². The van der Waals surface area contributed by atoms with Crippen LogP contribution in [0.1, 0.15) is 38.5 Å². The predicted octanol–water partition coefficient (Wildman–Crippen LogP) is 0.242. The minimum Gasteiger partial charge on any atom is -0.355 e. The molecule has 0 bridgehead atoms. The van der Waals surface area contributed by atoms with Crippen LogP contribution < -0.4 is 11.1 Å². The zero-order chi connectivity index (χ0) is 13.0. The van der Waals surface area contributed by atoms with Gasteiger partial charge in [-0.1, -0.05) is 19.3 Å². The number of likely N-dealkylation sites (tertiary alicyclic amines) is 1. The van der Waals surface area contributed by atoms with Crippen molar-refractivity contribution in [3.63, 3.8) is 0 Å². The normalized spacial score (nSPS) is 25.5. The van der Waals surface area contributed by atoms with Crippen molar-refractivity contribution in [2.45, 2.75) is 44.6 Å². The maximum Gasteiger partial charge on any atom is 0.225 e. The first kappa shape index (κ1) is 13.3. The number of hydrogen-bond donors (Lipinski definition) is 2. The average molecular weight is 253 g/mol. The van der Waals surface area contributed by atoms with Crippen LogP contribution in [0.25, 0.3) is 0 Å². The summed E-state index contributed by atoms with van der Waals surface area (Å²) in [6.45, 7) is 1.53. The third-order valence-electron chi connectivity index (χ3n) is 3.99. The molecule has 5 nitrogen and oxygen atoms in total. The van der Waals surface area contributed by atoms with Gasteiger partial charge in [0.2, 0.25) is 11.8 Å². The Bertz CT molecular complexity index is 313. The van der Waals surface area contributed by atoms with E-state index in [2.05, 4.69) is 5.32 Å². The van der Waals surface area contributed by atoms with E-state index < -0.39 is 0 Å². The Labute approximate surface area is 108 Å². The topological polar surface area (TPSA) is 75.4 Å². The molecule has 2 fully saturated rings. The van der Waals surface area contributed by atoms with Gasteiger partial charge in [-0.05, 0) is 12.8 Å². The summed E-state index contributed by atoms with van der Waals surface area (Å²) < 4.78 is 0. The summed E-state index contributed by atoms with van der Waals surface area (Å²) in [4.78, 5) is 25.8. The lowest BCUT2D eigenvalue weighted by molar-refractivity contribution is -0.130. The van der Waals surface area contributed by atoms with E-state index in [-0.39, 0.29) is 17.7 Å². The van der Waals surface area contributed by atoms with Crippen molar-refractivity contribution < 1.29 is 9.59 Å². The van der Waals surface area contributed by atoms with E-state index in [1.165, 1.54) is 19.3 Å². The highest BCUT2D eigenvalue weighted by molar-refractivity contribution is 5.89. The maximum absolute atomic E-state index is 12.0. The summed E-state index contributed by atoms with van der Waals surface area (Å²) in [7, 11) is 0. The quantitative estimate of drug-likeness (QED) is 0.753. The molecule has 3 N–H and O–H groups in total. The first-order chi connectivity index (χ1) is 8.72. The van der Waals surface area contributed by atoms with Crippen LogP contribution in [0.5, 0.6) is 0 Å². The fourth-order valence-corrected chi connectivity index (χ4v) is 2.99. The largest absolute Gasteiger partial charge is 0.355 e. The Kier molecular flexibility index (Phi) is 4.58. The van der Waals surface area contributed by atoms with Crippen molar-refractivity contribution in [3.8, 4) is 0 Å². The van der Waals surface area contributed by atoms with Gasteiger partial charge in [0.05, 0.1) is 5.92 Å². The lowest BCUT2D eigenvalue weighted by Crippen LogP contribution is -2.40. The predicted molar refractivity (Wildman–Crippen MR) is 68.8 cm³/mol. The molecule has 0 aromatic carbocycles. The number of nitrogens with two attached hydrogens (primary N) is 1. The summed E-state index contributed by atoms with van der Waals surface area (Å²) in [5.74, 6) is -0.0483. The molecule has 5 heteroatoms. The second-order valence-electron chi connectivity index (χ2n) is 5.32. The Morgan fingerprint density at radius 2 is 2.06 bits per heavy atom. The number of carbonyl (C=O) groups excluding carboxylic acids is 2. The van der Waals surface area contributed by atoms with Crippen molar-refractivity contribution in [2.24, 2.45) is 11.7 Å². The zero-order valence-electron chi connectivity index (χ0n) is 10.9. The van der Waals surface area contributed by atoms with Gasteiger partial charge < -0.3 is 16.0 Å². The number of hydrogen-bond acceptors (Lipinski definition) is 3. The summed E-state index contributed by atoms with van der Waals surface area (Å²) >= 11 is 0. The lowest BCUT2D eigenvalue weighted by Gasteiger charge is -2.31. The number of amides is 2. The summed E-state index contributed by atoms with van der Waals surface area (Å²) in [5, 5.41) is 2.78. The highest BCUT2D eigenvalue weighted by atomic mass is 16.2. The van der Waals surface area contributed by atoms with E-state index in [0.717, 1.165) is 12.8 Å². The second kappa shape index (κ2) is 6.18. The lowest BCUT2D eigenvalue weighted by atomic mass is 9.94. The molecule has 102 valence electrons. The first-order valence-corrected chi connectivity index (χ1v) is 6.99. The van der Waals surface area contributed by atoms with Crippen molar-refractivity contribution in [2.75, 3.05) is 19.6 Å². The van der Waals surface area contributed by atoms with E-state index in [1.54, 1.807) is 0 Å². The second-order valence-corrected chi connectivity index (χ2v) is 5.32. The molecule has 0 radical (unpaired) electrons. The van der Waals surface area contributed by atoms with Gasteiger partial charge >= 0.3 is 0 Å². The molecule has 0 aromatic rings. The van der Waals surface area contributed by atoms with E-state index >= 15 is 0 Å². The van der Waals surface area contributed by atoms with Gasteiger partial charge in [0, 0.05) is 32.1 Å². The summed E-state index contributed by atoms with van der Waals surface area (Å²) in [6, 6.07) is 0.374. The van der Waals surface area contributed by atoms with Gasteiger partial charge in [0.25, 0.3) is 0 Å². The number of rotatable bonds is 4. The molecule has 1 atom stereocenters.